The predicted octanol–water partition coefficient (Wildman–Crippen LogP) is 1.36. The summed E-state index contributed by atoms with van der Waals surface area (Å²) < 4.78 is 1.77. The molecule has 5 nitrogen and oxygen atoms in total. The van der Waals surface area contributed by atoms with Crippen LogP contribution >= 0.6 is 0 Å². The summed E-state index contributed by atoms with van der Waals surface area (Å²) in [5, 5.41) is 16.0. The molecule has 2 heterocycles. The second-order valence-electron chi connectivity index (χ2n) is 4.23. The van der Waals surface area contributed by atoms with Gasteiger partial charge in [0.2, 0.25) is 0 Å². The van der Waals surface area contributed by atoms with Crippen LogP contribution in [0.25, 0.3) is 5.52 Å². The highest BCUT2D eigenvalue weighted by Crippen LogP contribution is 2.23. The van der Waals surface area contributed by atoms with Gasteiger partial charge in [-0.3, -0.25) is 0 Å². The minimum absolute atomic E-state index is 0.180. The number of fused-ring (bicyclic) bond motifs is 1. The monoisotopic (exact) mass is 218 g/mol. The molecule has 0 aliphatic heterocycles. The Morgan fingerprint density at radius 2 is 2.19 bits per heavy atom. The van der Waals surface area contributed by atoms with Crippen LogP contribution in [0.1, 0.15) is 19.4 Å². The molecule has 16 heavy (non-hydrogen) atoms. The van der Waals surface area contributed by atoms with Crippen molar-refractivity contribution in [1.82, 2.24) is 9.61 Å². The van der Waals surface area contributed by atoms with E-state index in [-0.39, 0.29) is 5.84 Å². The van der Waals surface area contributed by atoms with Crippen LogP contribution in [0.3, 0.4) is 0 Å². The third kappa shape index (κ3) is 1.50. The van der Waals surface area contributed by atoms with Gasteiger partial charge in [0.15, 0.2) is 0 Å². The number of hydrogen-bond acceptors (Lipinski definition) is 3. The van der Waals surface area contributed by atoms with Gasteiger partial charge >= 0.3 is 0 Å². The Labute approximate surface area is 93.2 Å². The Balaban J connectivity index is 2.54. The highest BCUT2D eigenvalue weighted by Gasteiger charge is 2.26. The molecule has 0 bridgehead atoms. The molecule has 0 aliphatic rings. The third-order valence-corrected chi connectivity index (χ3v) is 2.87. The number of nitrogens with two attached hydrogens (primary N) is 1. The van der Waals surface area contributed by atoms with Gasteiger partial charge < -0.3 is 10.9 Å². The van der Waals surface area contributed by atoms with Crippen molar-refractivity contribution in [3.05, 3.63) is 36.2 Å². The van der Waals surface area contributed by atoms with Crippen LogP contribution in [0.15, 0.2) is 35.7 Å². The zero-order valence-corrected chi connectivity index (χ0v) is 9.25. The van der Waals surface area contributed by atoms with Crippen molar-refractivity contribution in [2.24, 2.45) is 10.9 Å². The third-order valence-electron chi connectivity index (χ3n) is 2.87. The molecular formula is C11H14N4O. The van der Waals surface area contributed by atoms with E-state index < -0.39 is 5.41 Å². The molecule has 0 saturated carbocycles. The smallest absolute Gasteiger partial charge is 0.149 e. The molecule has 84 valence electrons. The maximum Gasteiger partial charge on any atom is 0.149 e. The fourth-order valence-electron chi connectivity index (χ4n) is 1.56. The number of amidine groups is 1. The van der Waals surface area contributed by atoms with Gasteiger partial charge in [0.1, 0.15) is 5.84 Å². The van der Waals surface area contributed by atoms with Crippen molar-refractivity contribution in [1.29, 1.82) is 0 Å². The minimum atomic E-state index is -0.519. The molecule has 0 atom stereocenters. The van der Waals surface area contributed by atoms with Gasteiger partial charge in [0.25, 0.3) is 0 Å². The lowest BCUT2D eigenvalue weighted by molar-refractivity contribution is 0.313. The molecule has 0 saturated heterocycles. The summed E-state index contributed by atoms with van der Waals surface area (Å²) in [6.07, 6.45) is 3.61. The quantitative estimate of drug-likeness (QED) is 0.346. The van der Waals surface area contributed by atoms with Gasteiger partial charge in [0.05, 0.1) is 10.9 Å². The van der Waals surface area contributed by atoms with Crippen molar-refractivity contribution in [3.8, 4) is 0 Å². The fourth-order valence-corrected chi connectivity index (χ4v) is 1.56. The number of aromatic nitrogens is 2. The molecule has 0 aromatic carbocycles. The van der Waals surface area contributed by atoms with Crippen molar-refractivity contribution in [2.75, 3.05) is 0 Å². The maximum atomic E-state index is 8.75. The molecule has 0 unspecified atom stereocenters. The summed E-state index contributed by atoms with van der Waals surface area (Å²) in [6, 6.07) is 5.82. The lowest BCUT2D eigenvalue weighted by Crippen LogP contribution is -2.36. The SMILES string of the molecule is CC(C)(C(N)=NO)c1ccc2ccnn2c1. The topological polar surface area (TPSA) is 75.9 Å². The average Bonchev–Trinajstić information content (AvgIpc) is 2.74. The van der Waals surface area contributed by atoms with E-state index in [4.69, 9.17) is 10.9 Å². The Kier molecular flexibility index (Phi) is 2.30. The minimum Gasteiger partial charge on any atom is -0.409 e. The number of hydrogen-bond donors (Lipinski definition) is 2. The van der Waals surface area contributed by atoms with E-state index in [2.05, 4.69) is 10.3 Å². The number of pyridine rings is 1. The number of rotatable bonds is 2. The standard InChI is InChI=1S/C11H14N4O/c1-11(2,10(12)14-16)8-3-4-9-5-6-13-15(9)7-8/h3-7,16H,1-2H3,(H2,12,14). The van der Waals surface area contributed by atoms with Crippen LogP contribution in [0.5, 0.6) is 0 Å². The van der Waals surface area contributed by atoms with E-state index in [1.807, 2.05) is 38.2 Å². The van der Waals surface area contributed by atoms with Gasteiger partial charge in [-0.2, -0.15) is 5.10 Å². The van der Waals surface area contributed by atoms with Crippen molar-refractivity contribution >= 4 is 11.4 Å². The molecule has 2 aromatic heterocycles. The van der Waals surface area contributed by atoms with Crippen LogP contribution in [0, 0.1) is 0 Å². The van der Waals surface area contributed by atoms with Crippen LogP contribution in [0.2, 0.25) is 0 Å². The van der Waals surface area contributed by atoms with E-state index in [1.165, 1.54) is 0 Å². The van der Waals surface area contributed by atoms with Crippen LogP contribution in [-0.4, -0.2) is 20.7 Å². The second-order valence-corrected chi connectivity index (χ2v) is 4.23. The van der Waals surface area contributed by atoms with Crippen molar-refractivity contribution in [2.45, 2.75) is 19.3 Å². The van der Waals surface area contributed by atoms with Gasteiger partial charge in [-0.15, -0.1) is 0 Å². The van der Waals surface area contributed by atoms with Gasteiger partial charge in [-0.05, 0) is 31.5 Å². The summed E-state index contributed by atoms with van der Waals surface area (Å²) in [5.41, 5.74) is 7.11. The summed E-state index contributed by atoms with van der Waals surface area (Å²) in [7, 11) is 0. The zero-order chi connectivity index (χ0) is 11.8. The number of nitrogens with zero attached hydrogens (tertiary/aromatic N) is 3. The molecule has 0 fully saturated rings. The van der Waals surface area contributed by atoms with Crippen molar-refractivity contribution < 1.29 is 5.21 Å². The highest BCUT2D eigenvalue weighted by molar-refractivity contribution is 5.90. The van der Waals surface area contributed by atoms with Crippen LogP contribution in [0.4, 0.5) is 0 Å². The van der Waals surface area contributed by atoms with Crippen LogP contribution < -0.4 is 5.73 Å². The zero-order valence-electron chi connectivity index (χ0n) is 9.25. The van der Waals surface area contributed by atoms with E-state index in [0.29, 0.717) is 0 Å². The molecule has 0 radical (unpaired) electrons. The first-order valence-electron chi connectivity index (χ1n) is 4.97. The molecule has 0 aliphatic carbocycles. The average molecular weight is 218 g/mol. The van der Waals surface area contributed by atoms with Gasteiger partial charge in [-0.25, -0.2) is 4.52 Å². The fraction of sp³-hybridized carbons (Fsp3) is 0.273. The predicted molar refractivity (Wildman–Crippen MR) is 61.6 cm³/mol. The maximum absolute atomic E-state index is 8.75. The molecule has 5 heteroatoms. The Morgan fingerprint density at radius 1 is 1.44 bits per heavy atom. The molecule has 2 rings (SSSR count). The van der Waals surface area contributed by atoms with E-state index in [0.717, 1.165) is 11.1 Å². The lowest BCUT2D eigenvalue weighted by Gasteiger charge is -2.23. The largest absolute Gasteiger partial charge is 0.409 e. The first kappa shape index (κ1) is 10.5. The van der Waals surface area contributed by atoms with E-state index in [9.17, 15) is 0 Å². The first-order valence-corrected chi connectivity index (χ1v) is 4.97. The summed E-state index contributed by atoms with van der Waals surface area (Å²) >= 11 is 0. The summed E-state index contributed by atoms with van der Waals surface area (Å²) in [5.74, 6) is 0.180. The molecule has 0 amide bonds. The summed E-state index contributed by atoms with van der Waals surface area (Å²) in [6.45, 7) is 3.79. The van der Waals surface area contributed by atoms with E-state index in [1.54, 1.807) is 10.7 Å². The lowest BCUT2D eigenvalue weighted by atomic mass is 9.84. The van der Waals surface area contributed by atoms with Gasteiger partial charge in [-0.1, -0.05) is 11.2 Å². The normalized spacial score (nSPS) is 13.2. The molecule has 0 spiro atoms. The first-order chi connectivity index (χ1) is 7.55. The Hall–Kier alpha value is -2.04. The molecule has 2 aromatic rings. The number of oxime groups is 1. The Morgan fingerprint density at radius 3 is 2.88 bits per heavy atom. The van der Waals surface area contributed by atoms with Gasteiger partial charge in [0, 0.05) is 12.4 Å². The molecular weight excluding hydrogens is 204 g/mol. The van der Waals surface area contributed by atoms with Crippen molar-refractivity contribution in [3.63, 3.8) is 0 Å². The Bertz CT molecular complexity index is 542. The second kappa shape index (κ2) is 3.52. The highest BCUT2D eigenvalue weighted by atomic mass is 16.4. The van der Waals surface area contributed by atoms with E-state index >= 15 is 0 Å². The van der Waals surface area contributed by atoms with Crippen LogP contribution in [-0.2, 0) is 5.41 Å². The molecule has 3 N–H and O–H groups in total. The summed E-state index contributed by atoms with van der Waals surface area (Å²) in [4.78, 5) is 0.